The van der Waals surface area contributed by atoms with Crippen LogP contribution in [0.5, 0.6) is 0 Å². The molecule has 0 saturated carbocycles. The number of hydrogen-bond donors (Lipinski definition) is 0. The van der Waals surface area contributed by atoms with Crippen LogP contribution >= 0.6 is 0 Å². The zero-order chi connectivity index (χ0) is 16.4. The lowest BCUT2D eigenvalue weighted by Crippen LogP contribution is -2.46. The average Bonchev–Trinajstić information content (AvgIpc) is 3.14. The van der Waals surface area contributed by atoms with Crippen molar-refractivity contribution < 1.29 is 4.79 Å². The van der Waals surface area contributed by atoms with Gasteiger partial charge in [-0.2, -0.15) is 5.10 Å². The first kappa shape index (κ1) is 14.9. The number of rotatable bonds is 3. The standard InChI is InChI=1S/C19H20N4O/c24-19(18-17-8-2-1-6-15(17)9-11-20-18)23-13-4-3-7-16(23)14-22-12-5-10-21-22/h1-2,5-6,8-12,16H,3-4,7,13-14H2/t16-/m0/s1. The van der Waals surface area contributed by atoms with Crippen LogP contribution in [-0.4, -0.2) is 38.2 Å². The molecule has 5 heteroatoms. The topological polar surface area (TPSA) is 51.0 Å². The number of piperidine rings is 1. The third-order valence-electron chi connectivity index (χ3n) is 4.72. The zero-order valence-corrected chi connectivity index (χ0v) is 13.5. The molecule has 0 bridgehead atoms. The molecular formula is C19H20N4O. The summed E-state index contributed by atoms with van der Waals surface area (Å²) < 4.78 is 1.91. The number of amides is 1. The predicted octanol–water partition coefficient (Wildman–Crippen LogP) is 3.13. The van der Waals surface area contributed by atoms with Gasteiger partial charge in [-0.15, -0.1) is 0 Å². The van der Waals surface area contributed by atoms with Gasteiger partial charge in [0.1, 0.15) is 5.69 Å². The summed E-state index contributed by atoms with van der Waals surface area (Å²) in [6, 6.07) is 12.0. The van der Waals surface area contributed by atoms with Crippen LogP contribution in [0, 0.1) is 0 Å². The van der Waals surface area contributed by atoms with Gasteiger partial charge in [-0.1, -0.05) is 24.3 Å². The Morgan fingerprint density at radius 3 is 2.92 bits per heavy atom. The molecule has 5 nitrogen and oxygen atoms in total. The first-order chi connectivity index (χ1) is 11.8. The fourth-order valence-electron chi connectivity index (χ4n) is 3.51. The van der Waals surface area contributed by atoms with Gasteiger partial charge < -0.3 is 4.90 Å². The number of benzene rings is 1. The Bertz CT molecular complexity index is 838. The van der Waals surface area contributed by atoms with Crippen molar-refractivity contribution in [3.05, 3.63) is 60.7 Å². The molecule has 1 fully saturated rings. The number of hydrogen-bond acceptors (Lipinski definition) is 3. The summed E-state index contributed by atoms with van der Waals surface area (Å²) in [5, 5.41) is 6.27. The van der Waals surface area contributed by atoms with Crippen LogP contribution in [0.25, 0.3) is 10.8 Å². The summed E-state index contributed by atoms with van der Waals surface area (Å²) in [6.45, 7) is 1.53. The van der Waals surface area contributed by atoms with Crippen LogP contribution < -0.4 is 0 Å². The minimum Gasteiger partial charge on any atom is -0.332 e. The van der Waals surface area contributed by atoms with Gasteiger partial charge in [-0.05, 0) is 36.8 Å². The number of carbonyl (C=O) groups is 1. The highest BCUT2D eigenvalue weighted by molar-refractivity contribution is 6.05. The molecule has 1 aliphatic heterocycles. The minimum atomic E-state index is 0.0312. The van der Waals surface area contributed by atoms with Gasteiger partial charge in [-0.3, -0.25) is 14.5 Å². The zero-order valence-electron chi connectivity index (χ0n) is 13.5. The van der Waals surface area contributed by atoms with Crippen LogP contribution in [0.1, 0.15) is 29.8 Å². The van der Waals surface area contributed by atoms with Crippen molar-refractivity contribution >= 4 is 16.7 Å². The third kappa shape index (κ3) is 2.77. The molecule has 1 atom stereocenters. The number of nitrogens with zero attached hydrogens (tertiary/aromatic N) is 4. The molecule has 1 aliphatic rings. The van der Waals surface area contributed by atoms with Crippen molar-refractivity contribution in [1.82, 2.24) is 19.7 Å². The summed E-state index contributed by atoms with van der Waals surface area (Å²) in [6.07, 6.45) is 8.66. The third-order valence-corrected chi connectivity index (χ3v) is 4.72. The van der Waals surface area contributed by atoms with E-state index in [2.05, 4.69) is 10.1 Å². The second-order valence-electron chi connectivity index (χ2n) is 6.26. The smallest absolute Gasteiger partial charge is 0.273 e. The minimum absolute atomic E-state index is 0.0312. The quantitative estimate of drug-likeness (QED) is 0.745. The highest BCUT2D eigenvalue weighted by Gasteiger charge is 2.29. The number of pyridine rings is 1. The lowest BCUT2D eigenvalue weighted by atomic mass is 10.0. The SMILES string of the molecule is O=C(c1nccc2ccccc12)N1CCCC[C@H]1Cn1cccn1. The monoisotopic (exact) mass is 320 g/mol. The van der Waals surface area contributed by atoms with Crippen molar-refractivity contribution in [3.63, 3.8) is 0 Å². The molecule has 0 N–H and O–H groups in total. The fourth-order valence-corrected chi connectivity index (χ4v) is 3.51. The summed E-state index contributed by atoms with van der Waals surface area (Å²) in [5.74, 6) is 0.0312. The average molecular weight is 320 g/mol. The fraction of sp³-hybridized carbons (Fsp3) is 0.316. The Morgan fingerprint density at radius 1 is 1.12 bits per heavy atom. The van der Waals surface area contributed by atoms with E-state index in [0.717, 1.165) is 43.1 Å². The number of carbonyl (C=O) groups excluding carboxylic acids is 1. The Labute approximate surface area is 140 Å². The van der Waals surface area contributed by atoms with Crippen molar-refractivity contribution in [3.8, 4) is 0 Å². The predicted molar refractivity (Wildman–Crippen MR) is 92.6 cm³/mol. The Kier molecular flexibility index (Phi) is 3.99. The van der Waals surface area contributed by atoms with Crippen molar-refractivity contribution in [2.75, 3.05) is 6.54 Å². The Balaban J connectivity index is 1.65. The van der Waals surface area contributed by atoms with Crippen LogP contribution in [0.4, 0.5) is 0 Å². The molecular weight excluding hydrogens is 300 g/mol. The normalized spacial score (nSPS) is 18.0. The molecule has 1 amide bonds. The van der Waals surface area contributed by atoms with Crippen LogP contribution in [0.15, 0.2) is 55.0 Å². The van der Waals surface area contributed by atoms with Gasteiger partial charge in [0.25, 0.3) is 5.91 Å². The van der Waals surface area contributed by atoms with E-state index in [0.29, 0.717) is 5.69 Å². The first-order valence-corrected chi connectivity index (χ1v) is 8.45. The first-order valence-electron chi connectivity index (χ1n) is 8.45. The number of fused-ring (bicyclic) bond motifs is 1. The number of likely N-dealkylation sites (tertiary alicyclic amines) is 1. The van der Waals surface area contributed by atoms with Crippen molar-refractivity contribution in [2.45, 2.75) is 31.8 Å². The summed E-state index contributed by atoms with van der Waals surface area (Å²) >= 11 is 0. The maximum Gasteiger partial charge on any atom is 0.273 e. The van der Waals surface area contributed by atoms with E-state index in [1.807, 2.05) is 52.2 Å². The maximum absolute atomic E-state index is 13.2. The van der Waals surface area contributed by atoms with Gasteiger partial charge in [0.05, 0.1) is 12.6 Å². The van der Waals surface area contributed by atoms with Crippen LogP contribution in [0.3, 0.4) is 0 Å². The molecule has 3 heterocycles. The van der Waals surface area contributed by atoms with Gasteiger partial charge in [0.15, 0.2) is 0 Å². The molecule has 0 unspecified atom stereocenters. The van der Waals surface area contributed by atoms with E-state index >= 15 is 0 Å². The molecule has 1 saturated heterocycles. The van der Waals surface area contributed by atoms with E-state index in [9.17, 15) is 4.79 Å². The Morgan fingerprint density at radius 2 is 2.04 bits per heavy atom. The number of aromatic nitrogens is 3. The lowest BCUT2D eigenvalue weighted by molar-refractivity contribution is 0.0580. The highest BCUT2D eigenvalue weighted by Crippen LogP contribution is 2.23. The van der Waals surface area contributed by atoms with E-state index in [1.54, 1.807) is 12.4 Å². The van der Waals surface area contributed by atoms with Gasteiger partial charge in [-0.25, -0.2) is 0 Å². The van der Waals surface area contributed by atoms with Crippen molar-refractivity contribution in [1.29, 1.82) is 0 Å². The molecule has 0 spiro atoms. The summed E-state index contributed by atoms with van der Waals surface area (Å²) in [5.41, 5.74) is 0.556. The van der Waals surface area contributed by atoms with E-state index < -0.39 is 0 Å². The molecule has 1 aromatic carbocycles. The molecule has 2 aromatic heterocycles. The molecule has 24 heavy (non-hydrogen) atoms. The molecule has 0 aliphatic carbocycles. The second-order valence-corrected chi connectivity index (χ2v) is 6.26. The molecule has 122 valence electrons. The van der Waals surface area contributed by atoms with Crippen LogP contribution in [0.2, 0.25) is 0 Å². The van der Waals surface area contributed by atoms with Crippen molar-refractivity contribution in [2.24, 2.45) is 0 Å². The maximum atomic E-state index is 13.2. The lowest BCUT2D eigenvalue weighted by Gasteiger charge is -2.35. The summed E-state index contributed by atoms with van der Waals surface area (Å²) in [4.78, 5) is 19.6. The molecule has 3 aromatic rings. The second kappa shape index (κ2) is 6.43. The summed E-state index contributed by atoms with van der Waals surface area (Å²) in [7, 11) is 0. The molecule has 4 rings (SSSR count). The van der Waals surface area contributed by atoms with Gasteiger partial charge in [0.2, 0.25) is 0 Å². The van der Waals surface area contributed by atoms with E-state index in [1.165, 1.54) is 0 Å². The van der Waals surface area contributed by atoms with E-state index in [4.69, 9.17) is 0 Å². The van der Waals surface area contributed by atoms with Crippen LogP contribution in [-0.2, 0) is 6.54 Å². The molecule has 0 radical (unpaired) electrons. The Hall–Kier alpha value is -2.69. The largest absolute Gasteiger partial charge is 0.332 e. The van der Waals surface area contributed by atoms with E-state index in [-0.39, 0.29) is 11.9 Å². The van der Waals surface area contributed by atoms with Gasteiger partial charge >= 0.3 is 0 Å². The van der Waals surface area contributed by atoms with Gasteiger partial charge in [0, 0.05) is 30.5 Å². The highest BCUT2D eigenvalue weighted by atomic mass is 16.2.